The van der Waals surface area contributed by atoms with Gasteiger partial charge in [0.2, 0.25) is 11.8 Å². The second kappa shape index (κ2) is 5.89. The minimum absolute atomic E-state index is 0.273. The minimum atomic E-state index is -0.431. The van der Waals surface area contributed by atoms with E-state index in [9.17, 15) is 4.39 Å². The lowest BCUT2D eigenvalue weighted by Gasteiger charge is -2.21. The number of hydrogen-bond donors (Lipinski definition) is 1. The van der Waals surface area contributed by atoms with Crippen LogP contribution in [0.15, 0.2) is 34.8 Å². The van der Waals surface area contributed by atoms with Gasteiger partial charge < -0.3 is 15.2 Å². The highest BCUT2D eigenvalue weighted by Crippen LogP contribution is 2.32. The molecule has 2 aromatic rings. The molecule has 4 nitrogen and oxygen atoms in total. The standard InChI is InChI=1S/C15H16BrFN2O2/c1-15(2,3)21-14-11(18)6-7-13(19-14)20-12-8-9(17)4-5-10(12)16/h4-8H,18H2,1-3H3. The third kappa shape index (κ3) is 4.32. The second-order valence-electron chi connectivity index (χ2n) is 5.44. The van der Waals surface area contributed by atoms with Gasteiger partial charge in [0.25, 0.3) is 0 Å². The van der Waals surface area contributed by atoms with Crippen LogP contribution < -0.4 is 15.2 Å². The molecule has 0 aliphatic heterocycles. The fourth-order valence-electron chi connectivity index (χ4n) is 1.53. The van der Waals surface area contributed by atoms with Crippen molar-refractivity contribution in [3.05, 3.63) is 40.6 Å². The highest BCUT2D eigenvalue weighted by molar-refractivity contribution is 9.10. The van der Waals surface area contributed by atoms with Gasteiger partial charge in [-0.25, -0.2) is 4.39 Å². The summed E-state index contributed by atoms with van der Waals surface area (Å²) in [4.78, 5) is 4.21. The maximum absolute atomic E-state index is 13.2. The molecule has 2 rings (SSSR count). The fourth-order valence-corrected chi connectivity index (χ4v) is 1.86. The molecule has 2 N–H and O–H groups in total. The average molecular weight is 355 g/mol. The number of nitrogens with zero attached hydrogens (tertiary/aromatic N) is 1. The van der Waals surface area contributed by atoms with Gasteiger partial charge in [0, 0.05) is 12.1 Å². The number of anilines is 1. The Kier molecular flexibility index (Phi) is 4.37. The number of benzene rings is 1. The Labute approximate surface area is 131 Å². The summed E-state index contributed by atoms with van der Waals surface area (Å²) in [5.74, 6) is 0.492. The zero-order chi connectivity index (χ0) is 15.6. The molecule has 1 aromatic carbocycles. The summed E-state index contributed by atoms with van der Waals surface area (Å²) in [6.45, 7) is 5.68. The summed E-state index contributed by atoms with van der Waals surface area (Å²) in [7, 11) is 0. The van der Waals surface area contributed by atoms with Crippen molar-refractivity contribution in [2.45, 2.75) is 26.4 Å². The molecule has 0 amide bonds. The Morgan fingerprint density at radius 2 is 1.90 bits per heavy atom. The zero-order valence-corrected chi connectivity index (χ0v) is 13.6. The van der Waals surface area contributed by atoms with Crippen LogP contribution in [0.2, 0.25) is 0 Å². The van der Waals surface area contributed by atoms with Gasteiger partial charge in [0.05, 0.1) is 10.2 Å². The van der Waals surface area contributed by atoms with E-state index < -0.39 is 11.4 Å². The van der Waals surface area contributed by atoms with Gasteiger partial charge >= 0.3 is 0 Å². The first-order valence-corrected chi connectivity index (χ1v) is 7.12. The third-order valence-electron chi connectivity index (χ3n) is 2.37. The van der Waals surface area contributed by atoms with E-state index in [1.165, 1.54) is 12.1 Å². The Hall–Kier alpha value is -1.82. The first kappa shape index (κ1) is 15.6. The Morgan fingerprint density at radius 3 is 2.57 bits per heavy atom. The van der Waals surface area contributed by atoms with Crippen molar-refractivity contribution in [2.75, 3.05) is 5.73 Å². The molecule has 21 heavy (non-hydrogen) atoms. The first-order valence-electron chi connectivity index (χ1n) is 6.33. The fraction of sp³-hybridized carbons (Fsp3) is 0.267. The summed E-state index contributed by atoms with van der Waals surface area (Å²) < 4.78 is 25.1. The summed E-state index contributed by atoms with van der Waals surface area (Å²) >= 11 is 3.29. The normalized spacial score (nSPS) is 11.3. The van der Waals surface area contributed by atoms with Crippen LogP contribution in [-0.2, 0) is 0 Å². The van der Waals surface area contributed by atoms with Gasteiger partial charge in [0.1, 0.15) is 17.2 Å². The number of halogens is 2. The third-order valence-corrected chi connectivity index (χ3v) is 3.03. The highest BCUT2D eigenvalue weighted by atomic mass is 79.9. The van der Waals surface area contributed by atoms with E-state index in [2.05, 4.69) is 20.9 Å². The number of rotatable bonds is 3. The molecule has 1 aromatic heterocycles. The van der Waals surface area contributed by atoms with Crippen LogP contribution >= 0.6 is 15.9 Å². The smallest absolute Gasteiger partial charge is 0.241 e. The number of nitrogen functional groups attached to an aromatic ring is 1. The van der Waals surface area contributed by atoms with Crippen LogP contribution in [0.1, 0.15) is 20.8 Å². The van der Waals surface area contributed by atoms with Crippen molar-refractivity contribution < 1.29 is 13.9 Å². The van der Waals surface area contributed by atoms with Crippen molar-refractivity contribution in [1.82, 2.24) is 4.98 Å². The van der Waals surface area contributed by atoms with Crippen molar-refractivity contribution in [3.8, 4) is 17.5 Å². The van der Waals surface area contributed by atoms with Gasteiger partial charge in [-0.3, -0.25) is 0 Å². The van der Waals surface area contributed by atoms with E-state index >= 15 is 0 Å². The lowest BCUT2D eigenvalue weighted by Crippen LogP contribution is -2.24. The predicted molar refractivity (Wildman–Crippen MR) is 83.2 cm³/mol. The predicted octanol–water partition coefficient (Wildman–Crippen LogP) is 4.54. The highest BCUT2D eigenvalue weighted by Gasteiger charge is 2.16. The molecular formula is C15H16BrFN2O2. The largest absolute Gasteiger partial charge is 0.470 e. The van der Waals surface area contributed by atoms with Crippen LogP contribution in [-0.4, -0.2) is 10.6 Å². The summed E-state index contributed by atoms with van der Waals surface area (Å²) in [6, 6.07) is 7.40. The Morgan fingerprint density at radius 1 is 1.19 bits per heavy atom. The quantitative estimate of drug-likeness (QED) is 0.879. The van der Waals surface area contributed by atoms with Gasteiger partial charge in [-0.2, -0.15) is 4.98 Å². The van der Waals surface area contributed by atoms with Gasteiger partial charge in [0.15, 0.2) is 0 Å². The van der Waals surface area contributed by atoms with E-state index in [0.717, 1.165) is 0 Å². The molecule has 0 unspecified atom stereocenters. The maximum Gasteiger partial charge on any atom is 0.241 e. The maximum atomic E-state index is 13.2. The second-order valence-corrected chi connectivity index (χ2v) is 6.29. The SMILES string of the molecule is CC(C)(C)Oc1nc(Oc2cc(F)ccc2Br)ccc1N. The van der Waals surface area contributed by atoms with E-state index in [1.54, 1.807) is 18.2 Å². The number of ether oxygens (including phenoxy) is 2. The molecule has 0 atom stereocenters. The molecule has 6 heteroatoms. The molecule has 1 heterocycles. The van der Waals surface area contributed by atoms with Crippen molar-refractivity contribution >= 4 is 21.6 Å². The lowest BCUT2D eigenvalue weighted by atomic mass is 10.2. The lowest BCUT2D eigenvalue weighted by molar-refractivity contribution is 0.124. The molecule has 0 aliphatic rings. The molecule has 0 saturated heterocycles. The molecule has 0 bridgehead atoms. The van der Waals surface area contributed by atoms with Crippen LogP contribution in [0, 0.1) is 5.82 Å². The molecule has 0 fully saturated rings. The molecule has 0 spiro atoms. The van der Waals surface area contributed by atoms with Crippen molar-refractivity contribution in [2.24, 2.45) is 0 Å². The topological polar surface area (TPSA) is 57.4 Å². The van der Waals surface area contributed by atoms with E-state index in [4.69, 9.17) is 15.2 Å². The van der Waals surface area contributed by atoms with Gasteiger partial charge in [-0.15, -0.1) is 0 Å². The Balaban J connectivity index is 2.29. The number of pyridine rings is 1. The van der Waals surface area contributed by atoms with Gasteiger partial charge in [-0.1, -0.05) is 0 Å². The first-order chi connectivity index (χ1) is 9.74. The molecular weight excluding hydrogens is 339 g/mol. The average Bonchev–Trinajstić information content (AvgIpc) is 2.36. The van der Waals surface area contributed by atoms with Crippen LogP contribution in [0.3, 0.4) is 0 Å². The summed E-state index contributed by atoms with van der Waals surface area (Å²) in [5.41, 5.74) is 5.81. The molecule has 0 aliphatic carbocycles. The molecule has 112 valence electrons. The minimum Gasteiger partial charge on any atom is -0.470 e. The number of aromatic nitrogens is 1. The van der Waals surface area contributed by atoms with Crippen LogP contribution in [0.25, 0.3) is 0 Å². The molecule has 0 radical (unpaired) electrons. The number of nitrogens with two attached hydrogens (primary N) is 1. The van der Waals surface area contributed by atoms with Gasteiger partial charge in [-0.05, 0) is 54.9 Å². The van der Waals surface area contributed by atoms with Crippen LogP contribution in [0.4, 0.5) is 10.1 Å². The van der Waals surface area contributed by atoms with E-state index in [1.807, 2.05) is 20.8 Å². The van der Waals surface area contributed by atoms with Crippen LogP contribution in [0.5, 0.6) is 17.5 Å². The van der Waals surface area contributed by atoms with E-state index in [-0.39, 0.29) is 11.8 Å². The Bertz CT molecular complexity index is 657. The summed E-state index contributed by atoms with van der Waals surface area (Å²) in [6.07, 6.45) is 0. The number of hydrogen-bond acceptors (Lipinski definition) is 4. The van der Waals surface area contributed by atoms with E-state index in [0.29, 0.717) is 15.9 Å². The monoisotopic (exact) mass is 354 g/mol. The van der Waals surface area contributed by atoms with Crippen molar-refractivity contribution in [3.63, 3.8) is 0 Å². The summed E-state index contributed by atoms with van der Waals surface area (Å²) in [5, 5.41) is 0. The zero-order valence-electron chi connectivity index (χ0n) is 12.0. The van der Waals surface area contributed by atoms with Crippen molar-refractivity contribution in [1.29, 1.82) is 0 Å². The molecule has 0 saturated carbocycles.